The molecular formula is C12H7Cl2IN6. The molecule has 0 fully saturated rings. The lowest BCUT2D eigenvalue weighted by Gasteiger charge is -1.87. The van der Waals surface area contributed by atoms with E-state index in [4.69, 9.17) is 23.2 Å². The van der Waals surface area contributed by atoms with Crippen LogP contribution in [0, 0.1) is 3.70 Å². The van der Waals surface area contributed by atoms with Gasteiger partial charge >= 0.3 is 0 Å². The van der Waals surface area contributed by atoms with Crippen LogP contribution in [0.4, 0.5) is 0 Å². The first kappa shape index (κ1) is 14.5. The minimum Gasteiger partial charge on any atom is -0.276 e. The zero-order valence-corrected chi connectivity index (χ0v) is 14.0. The molecule has 4 aromatic heterocycles. The summed E-state index contributed by atoms with van der Waals surface area (Å²) in [6, 6.07) is 5.32. The molecule has 106 valence electrons. The molecular weight excluding hydrogens is 426 g/mol. The lowest BCUT2D eigenvalue weighted by atomic mass is 10.3. The van der Waals surface area contributed by atoms with Crippen molar-refractivity contribution in [2.45, 2.75) is 0 Å². The number of hydrogen-bond donors (Lipinski definition) is 2. The molecule has 4 heterocycles. The highest BCUT2D eigenvalue weighted by Gasteiger charge is 2.02. The third-order valence-electron chi connectivity index (χ3n) is 2.61. The Kier molecular flexibility index (Phi) is 4.22. The summed E-state index contributed by atoms with van der Waals surface area (Å²) < 4.78 is 0.917. The first-order valence-electron chi connectivity index (χ1n) is 5.74. The fraction of sp³-hybridized carbons (Fsp3) is 0. The fourth-order valence-electron chi connectivity index (χ4n) is 1.66. The zero-order valence-electron chi connectivity index (χ0n) is 10.3. The van der Waals surface area contributed by atoms with E-state index in [1.807, 2.05) is 6.07 Å². The zero-order chi connectivity index (χ0) is 14.8. The van der Waals surface area contributed by atoms with Crippen molar-refractivity contribution in [3.63, 3.8) is 0 Å². The molecule has 0 aliphatic heterocycles. The number of nitrogens with zero attached hydrogens (tertiary/aromatic N) is 4. The van der Waals surface area contributed by atoms with Gasteiger partial charge in [0.25, 0.3) is 0 Å². The second kappa shape index (κ2) is 6.12. The molecule has 0 aliphatic carbocycles. The normalized spacial score (nSPS) is 10.6. The minimum atomic E-state index is 0.494. The molecule has 0 unspecified atom stereocenters. The van der Waals surface area contributed by atoms with Gasteiger partial charge in [0.05, 0.1) is 17.9 Å². The van der Waals surface area contributed by atoms with Gasteiger partial charge in [-0.2, -0.15) is 10.2 Å². The van der Waals surface area contributed by atoms with Gasteiger partial charge in [-0.25, -0.2) is 9.97 Å². The van der Waals surface area contributed by atoms with E-state index in [1.165, 1.54) is 0 Å². The van der Waals surface area contributed by atoms with E-state index in [0.29, 0.717) is 10.3 Å². The number of pyridine rings is 2. The highest BCUT2D eigenvalue weighted by molar-refractivity contribution is 14.1. The number of aromatic nitrogens is 6. The van der Waals surface area contributed by atoms with Crippen molar-refractivity contribution in [2.24, 2.45) is 0 Å². The van der Waals surface area contributed by atoms with Crippen LogP contribution < -0.4 is 0 Å². The standard InChI is InChI=1S/C6H3ClIN3.C6H4ClN3/c7-4-2-1-3-5(9-4)6(8)11-10-3;7-6-1-4-2-9-10-5(4)3-8-6/h1-2H,(H,10,11);1-3H,(H,9,10). The van der Waals surface area contributed by atoms with Crippen LogP contribution in [-0.4, -0.2) is 30.4 Å². The van der Waals surface area contributed by atoms with E-state index in [-0.39, 0.29) is 0 Å². The van der Waals surface area contributed by atoms with Crippen LogP contribution in [-0.2, 0) is 0 Å². The SMILES string of the molecule is Clc1cc2cn[nH]c2cn1.Clc1ccc2n[nH]c(I)c2n1. The predicted octanol–water partition coefficient (Wildman–Crippen LogP) is 3.83. The third-order valence-corrected chi connectivity index (χ3v) is 3.78. The van der Waals surface area contributed by atoms with Gasteiger partial charge in [-0.1, -0.05) is 23.2 Å². The summed E-state index contributed by atoms with van der Waals surface area (Å²) >= 11 is 13.4. The molecule has 0 bridgehead atoms. The highest BCUT2D eigenvalue weighted by Crippen LogP contribution is 2.17. The van der Waals surface area contributed by atoms with Crippen molar-refractivity contribution in [2.75, 3.05) is 0 Å². The number of H-pyrrole nitrogens is 2. The number of aromatic amines is 2. The lowest BCUT2D eigenvalue weighted by Crippen LogP contribution is -1.76. The molecule has 0 amide bonds. The monoisotopic (exact) mass is 432 g/mol. The molecule has 2 N–H and O–H groups in total. The Morgan fingerprint density at radius 2 is 1.90 bits per heavy atom. The molecule has 0 aliphatic rings. The third kappa shape index (κ3) is 3.25. The van der Waals surface area contributed by atoms with Gasteiger partial charge in [-0.15, -0.1) is 0 Å². The van der Waals surface area contributed by atoms with Crippen molar-refractivity contribution in [1.29, 1.82) is 0 Å². The van der Waals surface area contributed by atoms with E-state index >= 15 is 0 Å². The molecule has 9 heteroatoms. The molecule has 21 heavy (non-hydrogen) atoms. The van der Waals surface area contributed by atoms with Crippen LogP contribution in [0.5, 0.6) is 0 Å². The molecule has 0 saturated heterocycles. The molecule has 4 rings (SSSR count). The van der Waals surface area contributed by atoms with Crippen LogP contribution in [0.1, 0.15) is 0 Å². The predicted molar refractivity (Wildman–Crippen MR) is 90.5 cm³/mol. The number of nitrogens with one attached hydrogen (secondary N) is 2. The van der Waals surface area contributed by atoms with Gasteiger partial charge in [-0.05, 0) is 40.8 Å². The Hall–Kier alpha value is -1.45. The second-order valence-corrected chi connectivity index (χ2v) is 5.86. The molecule has 6 nitrogen and oxygen atoms in total. The van der Waals surface area contributed by atoms with E-state index in [1.54, 1.807) is 24.5 Å². The van der Waals surface area contributed by atoms with Crippen LogP contribution in [0.3, 0.4) is 0 Å². The largest absolute Gasteiger partial charge is 0.276 e. The van der Waals surface area contributed by atoms with Crippen molar-refractivity contribution >= 4 is 67.7 Å². The number of fused-ring (bicyclic) bond motifs is 2. The Morgan fingerprint density at radius 3 is 2.76 bits per heavy atom. The summed E-state index contributed by atoms with van der Waals surface area (Å²) in [4.78, 5) is 7.97. The lowest BCUT2D eigenvalue weighted by molar-refractivity contribution is 1.09. The summed E-state index contributed by atoms with van der Waals surface area (Å²) in [7, 11) is 0. The molecule has 4 aromatic rings. The van der Waals surface area contributed by atoms with Crippen molar-refractivity contribution in [3.05, 3.63) is 44.6 Å². The summed E-state index contributed by atoms with van der Waals surface area (Å²) in [5.74, 6) is 0. The molecule has 0 aromatic carbocycles. The summed E-state index contributed by atoms with van der Waals surface area (Å²) in [5.41, 5.74) is 2.58. The molecule has 0 radical (unpaired) electrons. The molecule has 0 spiro atoms. The number of rotatable bonds is 0. The van der Waals surface area contributed by atoms with Gasteiger partial charge in [0.15, 0.2) is 0 Å². The van der Waals surface area contributed by atoms with E-state index in [9.17, 15) is 0 Å². The number of halogens is 3. The van der Waals surface area contributed by atoms with Gasteiger partial charge in [0.2, 0.25) is 0 Å². The highest BCUT2D eigenvalue weighted by atomic mass is 127. The topological polar surface area (TPSA) is 83.1 Å². The first-order valence-corrected chi connectivity index (χ1v) is 7.58. The minimum absolute atomic E-state index is 0.494. The van der Waals surface area contributed by atoms with Gasteiger partial charge < -0.3 is 0 Å². The van der Waals surface area contributed by atoms with E-state index in [2.05, 4.69) is 53.0 Å². The Bertz CT molecular complexity index is 903. The average molecular weight is 433 g/mol. The second-order valence-electron chi connectivity index (χ2n) is 4.00. The van der Waals surface area contributed by atoms with Crippen LogP contribution in [0.2, 0.25) is 10.3 Å². The summed E-state index contributed by atoms with van der Waals surface area (Å²) in [6.07, 6.45) is 3.37. The van der Waals surface area contributed by atoms with Gasteiger partial charge in [0, 0.05) is 5.39 Å². The molecule has 0 saturated carbocycles. The molecule has 0 atom stereocenters. The van der Waals surface area contributed by atoms with Crippen molar-refractivity contribution in [1.82, 2.24) is 30.4 Å². The van der Waals surface area contributed by atoms with Crippen LogP contribution >= 0.6 is 45.8 Å². The van der Waals surface area contributed by atoms with Crippen molar-refractivity contribution in [3.8, 4) is 0 Å². The first-order chi connectivity index (χ1) is 10.1. The van der Waals surface area contributed by atoms with Crippen LogP contribution in [0.25, 0.3) is 21.9 Å². The Morgan fingerprint density at radius 1 is 1.05 bits per heavy atom. The number of hydrogen-bond acceptors (Lipinski definition) is 4. The van der Waals surface area contributed by atoms with Gasteiger partial charge in [-0.3, -0.25) is 10.2 Å². The maximum Gasteiger partial charge on any atom is 0.130 e. The maximum absolute atomic E-state index is 5.69. The Balaban J connectivity index is 0.000000126. The maximum atomic E-state index is 5.69. The smallest absolute Gasteiger partial charge is 0.130 e. The quantitative estimate of drug-likeness (QED) is 0.326. The summed E-state index contributed by atoms with van der Waals surface area (Å²) in [5, 5.41) is 15.4. The van der Waals surface area contributed by atoms with Crippen molar-refractivity contribution < 1.29 is 0 Å². The van der Waals surface area contributed by atoms with E-state index < -0.39 is 0 Å². The fourth-order valence-corrected chi connectivity index (χ4v) is 2.49. The average Bonchev–Trinajstić information content (AvgIpc) is 3.06. The summed E-state index contributed by atoms with van der Waals surface area (Å²) in [6.45, 7) is 0. The van der Waals surface area contributed by atoms with Crippen LogP contribution in [0.15, 0.2) is 30.6 Å². The van der Waals surface area contributed by atoms with E-state index in [0.717, 1.165) is 25.6 Å². The Labute approximate surface area is 142 Å². The van der Waals surface area contributed by atoms with Gasteiger partial charge in [0.1, 0.15) is 25.0 Å².